The van der Waals surface area contributed by atoms with Gasteiger partial charge in [-0.05, 0) is 28.5 Å². The van der Waals surface area contributed by atoms with Crippen LogP contribution in [0.3, 0.4) is 0 Å². The second kappa shape index (κ2) is 3.36. The molecule has 0 spiro atoms. The summed E-state index contributed by atoms with van der Waals surface area (Å²) in [4.78, 5) is 3.99. The summed E-state index contributed by atoms with van der Waals surface area (Å²) in [5, 5.41) is 4.62. The van der Waals surface area contributed by atoms with E-state index in [1.54, 1.807) is 17.5 Å². The van der Waals surface area contributed by atoms with Gasteiger partial charge in [0.05, 0.1) is 5.02 Å². The van der Waals surface area contributed by atoms with Gasteiger partial charge < -0.3 is 5.73 Å². The van der Waals surface area contributed by atoms with E-state index in [1.807, 2.05) is 22.9 Å². The number of pyridine rings is 1. The van der Waals surface area contributed by atoms with Gasteiger partial charge in [0.1, 0.15) is 5.82 Å². The fraction of sp³-hybridized carbons (Fsp3) is 0. The number of nitrogen functional groups attached to an aromatic ring is 1. The number of thiophene rings is 1. The predicted molar refractivity (Wildman–Crippen MR) is 57.0 cm³/mol. The molecule has 0 unspecified atom stereocenters. The van der Waals surface area contributed by atoms with Crippen molar-refractivity contribution in [2.45, 2.75) is 0 Å². The quantitative estimate of drug-likeness (QED) is 0.786. The minimum atomic E-state index is 0.516. The Morgan fingerprint density at radius 2 is 2.31 bits per heavy atom. The summed E-state index contributed by atoms with van der Waals surface area (Å²) >= 11 is 7.44. The third-order valence-corrected chi connectivity index (χ3v) is 2.61. The zero-order valence-electron chi connectivity index (χ0n) is 6.70. The van der Waals surface area contributed by atoms with Crippen molar-refractivity contribution in [1.29, 1.82) is 0 Å². The van der Waals surface area contributed by atoms with Gasteiger partial charge in [0.2, 0.25) is 0 Å². The molecule has 2 nitrogen and oxygen atoms in total. The number of nitrogens with two attached hydrogens (primary N) is 1. The molecule has 0 amide bonds. The van der Waals surface area contributed by atoms with Crippen LogP contribution >= 0.6 is 22.9 Å². The van der Waals surface area contributed by atoms with E-state index in [2.05, 4.69) is 4.98 Å². The molecule has 0 fully saturated rings. The molecule has 13 heavy (non-hydrogen) atoms. The molecule has 66 valence electrons. The standard InChI is InChI=1S/C9H7ClN2S/c10-7-3-8(9(11)12-4-7)6-1-2-13-5-6/h1-5H,(H2,11,12). The lowest BCUT2D eigenvalue weighted by atomic mass is 10.1. The van der Waals surface area contributed by atoms with E-state index < -0.39 is 0 Å². The van der Waals surface area contributed by atoms with Crippen LogP contribution in [-0.2, 0) is 0 Å². The Hall–Kier alpha value is -1.06. The zero-order valence-corrected chi connectivity index (χ0v) is 8.27. The largest absolute Gasteiger partial charge is 0.383 e. The summed E-state index contributed by atoms with van der Waals surface area (Å²) in [6, 6.07) is 3.82. The Bertz CT molecular complexity index is 412. The highest BCUT2D eigenvalue weighted by Gasteiger charge is 2.04. The van der Waals surface area contributed by atoms with Gasteiger partial charge in [-0.2, -0.15) is 11.3 Å². The third-order valence-electron chi connectivity index (χ3n) is 1.72. The van der Waals surface area contributed by atoms with Gasteiger partial charge >= 0.3 is 0 Å². The fourth-order valence-electron chi connectivity index (χ4n) is 1.10. The van der Waals surface area contributed by atoms with Crippen molar-refractivity contribution in [2.75, 3.05) is 5.73 Å². The highest BCUT2D eigenvalue weighted by atomic mass is 35.5. The minimum Gasteiger partial charge on any atom is -0.383 e. The van der Waals surface area contributed by atoms with Crippen molar-refractivity contribution in [3.05, 3.63) is 34.1 Å². The van der Waals surface area contributed by atoms with Gasteiger partial charge in [-0.3, -0.25) is 0 Å². The molecule has 0 radical (unpaired) electrons. The van der Waals surface area contributed by atoms with Crippen LogP contribution in [0.1, 0.15) is 0 Å². The Balaban J connectivity index is 2.57. The average molecular weight is 211 g/mol. The van der Waals surface area contributed by atoms with Crippen molar-refractivity contribution < 1.29 is 0 Å². The molecule has 2 rings (SSSR count). The van der Waals surface area contributed by atoms with E-state index in [4.69, 9.17) is 17.3 Å². The van der Waals surface area contributed by atoms with Crippen molar-refractivity contribution in [1.82, 2.24) is 4.98 Å². The zero-order chi connectivity index (χ0) is 9.26. The maximum absolute atomic E-state index is 5.82. The Morgan fingerprint density at radius 1 is 1.46 bits per heavy atom. The lowest BCUT2D eigenvalue weighted by Crippen LogP contribution is -1.92. The topological polar surface area (TPSA) is 38.9 Å². The molecule has 0 saturated heterocycles. The molecule has 0 aliphatic carbocycles. The normalized spacial score (nSPS) is 10.2. The number of aromatic nitrogens is 1. The first-order valence-corrected chi connectivity index (χ1v) is 5.03. The van der Waals surface area contributed by atoms with Crippen molar-refractivity contribution in [3.63, 3.8) is 0 Å². The van der Waals surface area contributed by atoms with E-state index in [0.717, 1.165) is 11.1 Å². The molecule has 2 aromatic heterocycles. The van der Waals surface area contributed by atoms with Crippen LogP contribution in [0.2, 0.25) is 5.02 Å². The Labute approximate surface area is 85.0 Å². The third kappa shape index (κ3) is 1.66. The van der Waals surface area contributed by atoms with E-state index >= 15 is 0 Å². The molecule has 0 aliphatic heterocycles. The first-order valence-electron chi connectivity index (χ1n) is 3.71. The van der Waals surface area contributed by atoms with Crippen LogP contribution in [0, 0.1) is 0 Å². The first-order chi connectivity index (χ1) is 6.27. The Morgan fingerprint density at radius 3 is 3.00 bits per heavy atom. The monoisotopic (exact) mass is 210 g/mol. The summed E-state index contributed by atoms with van der Waals surface area (Å²) in [5.41, 5.74) is 7.68. The molecule has 4 heteroatoms. The predicted octanol–water partition coefficient (Wildman–Crippen LogP) is 3.05. The Kier molecular flexibility index (Phi) is 2.20. The van der Waals surface area contributed by atoms with E-state index in [0.29, 0.717) is 10.8 Å². The van der Waals surface area contributed by atoms with E-state index in [-0.39, 0.29) is 0 Å². The lowest BCUT2D eigenvalue weighted by molar-refractivity contribution is 1.34. The number of nitrogens with zero attached hydrogens (tertiary/aromatic N) is 1. The maximum atomic E-state index is 5.82. The molecule has 0 saturated carbocycles. The molecular formula is C9H7ClN2S. The van der Waals surface area contributed by atoms with Gasteiger partial charge in [0, 0.05) is 11.8 Å². The number of rotatable bonds is 1. The highest BCUT2D eigenvalue weighted by Crippen LogP contribution is 2.28. The van der Waals surface area contributed by atoms with Gasteiger partial charge in [-0.25, -0.2) is 4.98 Å². The smallest absolute Gasteiger partial charge is 0.131 e. The van der Waals surface area contributed by atoms with Crippen LogP contribution in [0.15, 0.2) is 29.1 Å². The molecule has 0 aliphatic rings. The van der Waals surface area contributed by atoms with Crippen molar-refractivity contribution >= 4 is 28.8 Å². The highest BCUT2D eigenvalue weighted by molar-refractivity contribution is 7.08. The molecule has 0 aromatic carbocycles. The molecule has 2 aromatic rings. The second-order valence-corrected chi connectivity index (χ2v) is 3.81. The minimum absolute atomic E-state index is 0.516. The summed E-state index contributed by atoms with van der Waals surface area (Å²) in [6.07, 6.45) is 1.55. The average Bonchev–Trinajstić information content (AvgIpc) is 2.61. The van der Waals surface area contributed by atoms with Gasteiger partial charge in [0.15, 0.2) is 0 Å². The molecule has 0 atom stereocenters. The van der Waals surface area contributed by atoms with Crippen LogP contribution in [0.25, 0.3) is 11.1 Å². The summed E-state index contributed by atoms with van der Waals surface area (Å²) in [6.45, 7) is 0. The van der Waals surface area contributed by atoms with Gasteiger partial charge in [-0.15, -0.1) is 0 Å². The lowest BCUT2D eigenvalue weighted by Gasteiger charge is -2.01. The van der Waals surface area contributed by atoms with Gasteiger partial charge in [0.25, 0.3) is 0 Å². The maximum Gasteiger partial charge on any atom is 0.131 e. The van der Waals surface area contributed by atoms with Crippen LogP contribution in [0.5, 0.6) is 0 Å². The van der Waals surface area contributed by atoms with E-state index in [1.165, 1.54) is 0 Å². The van der Waals surface area contributed by atoms with Crippen molar-refractivity contribution in [2.24, 2.45) is 0 Å². The second-order valence-electron chi connectivity index (χ2n) is 2.60. The number of hydrogen-bond acceptors (Lipinski definition) is 3. The summed E-state index contributed by atoms with van der Waals surface area (Å²) < 4.78 is 0. The molecule has 2 N–H and O–H groups in total. The van der Waals surface area contributed by atoms with Gasteiger partial charge in [-0.1, -0.05) is 11.6 Å². The first kappa shape index (κ1) is 8.53. The summed E-state index contributed by atoms with van der Waals surface area (Å²) in [7, 11) is 0. The number of anilines is 1. The molecule has 2 heterocycles. The fourth-order valence-corrected chi connectivity index (χ4v) is 1.91. The van der Waals surface area contributed by atoms with Crippen LogP contribution < -0.4 is 5.73 Å². The number of halogens is 1. The SMILES string of the molecule is Nc1ncc(Cl)cc1-c1ccsc1. The molecule has 0 bridgehead atoms. The number of hydrogen-bond donors (Lipinski definition) is 1. The van der Waals surface area contributed by atoms with Crippen LogP contribution in [0.4, 0.5) is 5.82 Å². The van der Waals surface area contributed by atoms with E-state index in [9.17, 15) is 0 Å². The molecular weight excluding hydrogens is 204 g/mol. The van der Waals surface area contributed by atoms with Crippen molar-refractivity contribution in [3.8, 4) is 11.1 Å². The summed E-state index contributed by atoms with van der Waals surface area (Å²) in [5.74, 6) is 0.516. The van der Waals surface area contributed by atoms with Crippen LogP contribution in [-0.4, -0.2) is 4.98 Å².